The molecule has 0 atom stereocenters. The summed E-state index contributed by atoms with van der Waals surface area (Å²) in [6, 6.07) is 17.3. The fraction of sp³-hybridized carbons (Fsp3) is 0.227. The lowest BCUT2D eigenvalue weighted by atomic mass is 10.3. The molecule has 0 amide bonds. The van der Waals surface area contributed by atoms with Gasteiger partial charge in [0.05, 0.1) is 30.5 Å². The number of aryl methyl sites for hydroxylation is 1. The Morgan fingerprint density at radius 1 is 1.03 bits per heavy atom. The Kier molecular flexibility index (Phi) is 6.40. The van der Waals surface area contributed by atoms with Crippen LogP contribution in [0.2, 0.25) is 0 Å². The predicted molar refractivity (Wildman–Crippen MR) is 119 cm³/mol. The molecule has 0 aliphatic carbocycles. The van der Waals surface area contributed by atoms with E-state index in [4.69, 9.17) is 4.74 Å². The molecular formula is C22H22N6O4. The van der Waals surface area contributed by atoms with Gasteiger partial charge in [0.15, 0.2) is 5.65 Å². The van der Waals surface area contributed by atoms with E-state index in [0.717, 1.165) is 22.4 Å². The number of unbranched alkanes of at least 4 members (excludes halogenated alkanes) is 1. The van der Waals surface area contributed by atoms with Crippen molar-refractivity contribution in [2.45, 2.75) is 19.8 Å². The van der Waals surface area contributed by atoms with E-state index in [0.29, 0.717) is 36.8 Å². The van der Waals surface area contributed by atoms with Crippen molar-refractivity contribution in [3.63, 3.8) is 0 Å². The third kappa shape index (κ3) is 5.09. The molecular weight excluding hydrogens is 412 g/mol. The highest BCUT2D eigenvalue weighted by atomic mass is 16.9. The molecule has 10 heteroatoms. The summed E-state index contributed by atoms with van der Waals surface area (Å²) in [5.41, 5.74) is 2.51. The second kappa shape index (κ2) is 9.73. The summed E-state index contributed by atoms with van der Waals surface area (Å²) < 4.78 is 7.46. The summed E-state index contributed by atoms with van der Waals surface area (Å²) >= 11 is 0. The minimum atomic E-state index is -0.786. The third-order valence-electron chi connectivity index (χ3n) is 4.66. The second-order valence-corrected chi connectivity index (χ2v) is 7.01. The summed E-state index contributed by atoms with van der Waals surface area (Å²) in [5.74, 6) is 2.03. The van der Waals surface area contributed by atoms with Crippen molar-refractivity contribution in [1.29, 1.82) is 0 Å². The fourth-order valence-electron chi connectivity index (χ4n) is 3.17. The van der Waals surface area contributed by atoms with Gasteiger partial charge in [0, 0.05) is 5.69 Å². The maximum atomic E-state index is 10.1. The van der Waals surface area contributed by atoms with Crippen molar-refractivity contribution in [3.05, 3.63) is 76.7 Å². The molecule has 0 saturated heterocycles. The number of ether oxygens (including phenoxy) is 1. The van der Waals surface area contributed by atoms with Gasteiger partial charge in [0.2, 0.25) is 0 Å². The van der Waals surface area contributed by atoms with Crippen LogP contribution in [0.5, 0.6) is 5.75 Å². The molecule has 2 heterocycles. The van der Waals surface area contributed by atoms with Crippen molar-refractivity contribution in [1.82, 2.24) is 19.7 Å². The molecule has 0 saturated carbocycles. The monoisotopic (exact) mass is 434 g/mol. The molecule has 0 radical (unpaired) electrons. The van der Waals surface area contributed by atoms with Gasteiger partial charge >= 0.3 is 0 Å². The van der Waals surface area contributed by atoms with Crippen molar-refractivity contribution < 1.29 is 14.7 Å². The normalized spacial score (nSPS) is 10.8. The zero-order chi connectivity index (χ0) is 22.3. The van der Waals surface area contributed by atoms with Crippen LogP contribution >= 0.6 is 0 Å². The first-order valence-corrected chi connectivity index (χ1v) is 10.1. The molecule has 0 aliphatic rings. The van der Waals surface area contributed by atoms with Gasteiger partial charge in [-0.15, -0.1) is 10.1 Å². The Balaban J connectivity index is 1.42. The maximum Gasteiger partial charge on any atom is 0.294 e. The Hall–Kier alpha value is -4.21. The molecule has 4 aromatic rings. The fourth-order valence-corrected chi connectivity index (χ4v) is 3.17. The molecule has 0 bridgehead atoms. The van der Waals surface area contributed by atoms with Gasteiger partial charge in [-0.2, -0.15) is 5.10 Å². The number of rotatable bonds is 10. The number of nitrogens with zero attached hydrogens (tertiary/aromatic N) is 5. The molecule has 0 aliphatic heterocycles. The van der Waals surface area contributed by atoms with Gasteiger partial charge < -0.3 is 14.9 Å². The minimum absolute atomic E-state index is 0.0763. The molecule has 1 N–H and O–H groups in total. The van der Waals surface area contributed by atoms with E-state index in [-0.39, 0.29) is 6.61 Å². The van der Waals surface area contributed by atoms with Crippen LogP contribution in [0.3, 0.4) is 0 Å². The zero-order valence-corrected chi connectivity index (χ0v) is 17.5. The zero-order valence-electron chi connectivity index (χ0n) is 17.5. The Morgan fingerprint density at radius 3 is 2.53 bits per heavy atom. The van der Waals surface area contributed by atoms with Gasteiger partial charge in [-0.3, -0.25) is 0 Å². The average molecular weight is 434 g/mol. The van der Waals surface area contributed by atoms with Crippen LogP contribution in [0.4, 0.5) is 11.5 Å². The molecule has 0 spiro atoms. The standard InChI is InChI=1S/C22H22N6O4/c1-16-24-21(20-15-23-27(22(20)25-16)18-7-3-2-4-8-18)26-17-9-11-19(12-10-17)31-13-5-6-14-32-28(29)30/h2-4,7-12,15H,5-6,13-14H2,1H3,(H,24,25,26). The minimum Gasteiger partial charge on any atom is -0.494 e. The van der Waals surface area contributed by atoms with Crippen LogP contribution in [0.1, 0.15) is 18.7 Å². The van der Waals surface area contributed by atoms with Gasteiger partial charge in [0.25, 0.3) is 5.09 Å². The van der Waals surface area contributed by atoms with E-state index in [1.54, 1.807) is 10.9 Å². The number of para-hydroxylation sites is 1. The van der Waals surface area contributed by atoms with E-state index in [2.05, 4.69) is 25.2 Å². The lowest BCUT2D eigenvalue weighted by Crippen LogP contribution is -2.04. The SMILES string of the molecule is Cc1nc(Nc2ccc(OCCCCO[N+](=O)[O-])cc2)c2cnn(-c3ccccc3)c2n1. The topological polar surface area (TPSA) is 117 Å². The largest absolute Gasteiger partial charge is 0.494 e. The van der Waals surface area contributed by atoms with Gasteiger partial charge in [-0.1, -0.05) is 18.2 Å². The number of anilines is 2. The van der Waals surface area contributed by atoms with Crippen LogP contribution < -0.4 is 10.1 Å². The lowest BCUT2D eigenvalue weighted by Gasteiger charge is -2.10. The number of benzene rings is 2. The number of nitrogens with one attached hydrogen (secondary N) is 1. The highest BCUT2D eigenvalue weighted by Gasteiger charge is 2.13. The Bertz CT molecular complexity index is 1190. The molecule has 32 heavy (non-hydrogen) atoms. The first kappa shape index (κ1) is 21.0. The van der Waals surface area contributed by atoms with E-state index in [9.17, 15) is 10.1 Å². The summed E-state index contributed by atoms with van der Waals surface area (Å²) in [7, 11) is 0. The van der Waals surface area contributed by atoms with Crippen LogP contribution in [0.15, 0.2) is 60.8 Å². The van der Waals surface area contributed by atoms with E-state index in [1.807, 2.05) is 61.5 Å². The predicted octanol–water partition coefficient (Wildman–Crippen LogP) is 4.23. The van der Waals surface area contributed by atoms with Crippen LogP contribution in [-0.4, -0.2) is 38.0 Å². The molecule has 0 fully saturated rings. The summed E-state index contributed by atoms with van der Waals surface area (Å²) in [5, 5.41) is 18.0. The molecule has 0 unspecified atom stereocenters. The van der Waals surface area contributed by atoms with Gasteiger partial charge in [-0.25, -0.2) is 14.6 Å². The summed E-state index contributed by atoms with van der Waals surface area (Å²) in [4.78, 5) is 23.5. The molecule has 2 aromatic heterocycles. The second-order valence-electron chi connectivity index (χ2n) is 7.01. The lowest BCUT2D eigenvalue weighted by molar-refractivity contribution is -0.757. The third-order valence-corrected chi connectivity index (χ3v) is 4.66. The molecule has 4 rings (SSSR count). The Labute approximate surface area is 183 Å². The van der Waals surface area contributed by atoms with Crippen LogP contribution in [-0.2, 0) is 4.84 Å². The van der Waals surface area contributed by atoms with Crippen molar-refractivity contribution in [2.24, 2.45) is 0 Å². The molecule has 164 valence electrons. The first-order chi connectivity index (χ1) is 15.6. The quantitative estimate of drug-likeness (QED) is 0.224. The van der Waals surface area contributed by atoms with Crippen molar-refractivity contribution >= 4 is 22.5 Å². The van der Waals surface area contributed by atoms with Crippen molar-refractivity contribution in [3.8, 4) is 11.4 Å². The number of aromatic nitrogens is 4. The maximum absolute atomic E-state index is 10.1. The van der Waals surface area contributed by atoms with E-state index in [1.165, 1.54) is 0 Å². The molecule has 10 nitrogen and oxygen atoms in total. The van der Waals surface area contributed by atoms with Crippen LogP contribution in [0.25, 0.3) is 16.7 Å². The summed E-state index contributed by atoms with van der Waals surface area (Å²) in [6.45, 7) is 2.38. The first-order valence-electron chi connectivity index (χ1n) is 10.1. The van der Waals surface area contributed by atoms with Crippen molar-refractivity contribution in [2.75, 3.05) is 18.5 Å². The summed E-state index contributed by atoms with van der Waals surface area (Å²) in [6.07, 6.45) is 2.97. The van der Waals surface area contributed by atoms with Crippen LogP contribution in [0, 0.1) is 17.0 Å². The highest BCUT2D eigenvalue weighted by Crippen LogP contribution is 2.26. The smallest absolute Gasteiger partial charge is 0.294 e. The number of fused-ring (bicyclic) bond motifs is 1. The average Bonchev–Trinajstić information content (AvgIpc) is 3.21. The molecule has 2 aromatic carbocycles. The van der Waals surface area contributed by atoms with E-state index >= 15 is 0 Å². The number of hydrogen-bond acceptors (Lipinski definition) is 8. The van der Waals surface area contributed by atoms with E-state index < -0.39 is 5.09 Å². The highest BCUT2D eigenvalue weighted by molar-refractivity contribution is 5.89. The Morgan fingerprint density at radius 2 is 1.78 bits per heavy atom. The van der Waals surface area contributed by atoms with Gasteiger partial charge in [-0.05, 0) is 56.2 Å². The number of hydrogen-bond donors (Lipinski definition) is 1. The van der Waals surface area contributed by atoms with Gasteiger partial charge in [0.1, 0.15) is 17.4 Å².